The summed E-state index contributed by atoms with van der Waals surface area (Å²) >= 11 is 0. The predicted molar refractivity (Wildman–Crippen MR) is 113 cm³/mol. The number of carbonyl (C=O) groups excluding carboxylic acids is 3. The molecular weight excluding hydrogens is 354 g/mol. The fourth-order valence-corrected chi connectivity index (χ4v) is 2.66. The van der Waals surface area contributed by atoms with Gasteiger partial charge in [-0.2, -0.15) is 0 Å². The van der Waals surface area contributed by atoms with Gasteiger partial charge < -0.3 is 15.1 Å². The van der Waals surface area contributed by atoms with Crippen LogP contribution in [0.4, 0.5) is 0 Å². The zero-order chi connectivity index (χ0) is 21.1. The maximum Gasteiger partial charge on any atom is 0.254 e. The highest BCUT2D eigenvalue weighted by Gasteiger charge is 2.21. The van der Waals surface area contributed by atoms with E-state index in [9.17, 15) is 14.4 Å². The summed E-state index contributed by atoms with van der Waals surface area (Å²) in [4.78, 5) is 41.4. The van der Waals surface area contributed by atoms with Gasteiger partial charge >= 0.3 is 0 Å². The van der Waals surface area contributed by atoms with Crippen LogP contribution >= 0.6 is 0 Å². The summed E-state index contributed by atoms with van der Waals surface area (Å²) in [5.74, 6) is -0.898. The predicted octanol–water partition coefficient (Wildman–Crippen LogP) is 2.90. The van der Waals surface area contributed by atoms with E-state index in [2.05, 4.69) is 25.1 Å². The smallest absolute Gasteiger partial charge is 0.254 e. The quantitative estimate of drug-likeness (QED) is 0.598. The molecular formula is C22H29N3O3. The van der Waals surface area contributed by atoms with Crippen molar-refractivity contribution in [2.24, 2.45) is 0 Å². The van der Waals surface area contributed by atoms with E-state index in [1.165, 1.54) is 18.2 Å². The Morgan fingerprint density at radius 2 is 1.25 bits per heavy atom. The first-order chi connectivity index (χ1) is 13.4. The van der Waals surface area contributed by atoms with Crippen molar-refractivity contribution < 1.29 is 14.4 Å². The third-order valence-corrected chi connectivity index (χ3v) is 4.13. The topological polar surface area (TPSA) is 69.7 Å². The van der Waals surface area contributed by atoms with Crippen LogP contribution in [0, 0.1) is 0 Å². The number of nitrogens with one attached hydrogen (secondary N) is 1. The van der Waals surface area contributed by atoms with Crippen molar-refractivity contribution in [3.05, 3.63) is 72.9 Å². The number of hydrogen-bond acceptors (Lipinski definition) is 3. The molecule has 6 heteroatoms. The lowest BCUT2D eigenvalue weighted by atomic mass is 10.0. The number of likely N-dealkylation sites (N-methyl/N-ethyl adjacent to an activating group) is 2. The Morgan fingerprint density at radius 3 is 1.61 bits per heavy atom. The van der Waals surface area contributed by atoms with Crippen LogP contribution in [0.25, 0.3) is 0 Å². The standard InChI is InChI=1S/C22H29N3O3/c1-6-11-23-20(26)17-14-18(21(27)24(9-4)12-7-2)16-19(15-17)22(28)25(10-5)13-8-3/h6-8,14-16H,1-3,9-13H2,4-5H3,(H,23,26). The normalized spacial score (nSPS) is 9.93. The average Bonchev–Trinajstić information content (AvgIpc) is 2.72. The van der Waals surface area contributed by atoms with Crippen LogP contribution in [-0.4, -0.2) is 60.2 Å². The number of benzene rings is 1. The first-order valence-corrected chi connectivity index (χ1v) is 9.27. The molecule has 1 N–H and O–H groups in total. The fourth-order valence-electron chi connectivity index (χ4n) is 2.66. The number of carbonyl (C=O) groups is 3. The summed E-state index contributed by atoms with van der Waals surface area (Å²) in [5, 5.41) is 2.68. The van der Waals surface area contributed by atoms with E-state index in [-0.39, 0.29) is 41.0 Å². The summed E-state index contributed by atoms with van der Waals surface area (Å²) in [7, 11) is 0. The van der Waals surface area contributed by atoms with Gasteiger partial charge in [0.1, 0.15) is 0 Å². The SMILES string of the molecule is C=CCNC(=O)c1cc(C(=O)N(CC)CC=C)cc(C(=O)N(CC)CC=C)c1. The molecule has 0 aliphatic heterocycles. The average molecular weight is 383 g/mol. The van der Waals surface area contributed by atoms with Crippen molar-refractivity contribution in [3.63, 3.8) is 0 Å². The van der Waals surface area contributed by atoms with Crippen LogP contribution in [-0.2, 0) is 0 Å². The van der Waals surface area contributed by atoms with Gasteiger partial charge in [-0.3, -0.25) is 14.4 Å². The Hall–Kier alpha value is -3.15. The lowest BCUT2D eigenvalue weighted by Crippen LogP contribution is -2.33. The molecule has 0 fully saturated rings. The molecule has 0 radical (unpaired) electrons. The molecule has 0 aromatic heterocycles. The number of rotatable bonds is 11. The van der Waals surface area contributed by atoms with Gasteiger partial charge in [-0.15, -0.1) is 19.7 Å². The van der Waals surface area contributed by atoms with Crippen LogP contribution in [0.5, 0.6) is 0 Å². The Bertz CT molecular complexity index is 707. The summed E-state index contributed by atoms with van der Waals surface area (Å²) in [6.45, 7) is 16.6. The van der Waals surface area contributed by atoms with Crippen LogP contribution in [0.3, 0.4) is 0 Å². The second-order valence-corrected chi connectivity index (χ2v) is 6.06. The largest absolute Gasteiger partial charge is 0.349 e. The lowest BCUT2D eigenvalue weighted by molar-refractivity contribution is 0.0781. The van der Waals surface area contributed by atoms with Crippen molar-refractivity contribution in [2.75, 3.05) is 32.7 Å². The Kier molecular flexibility index (Phi) is 9.43. The molecule has 0 heterocycles. The highest BCUT2D eigenvalue weighted by atomic mass is 16.2. The van der Waals surface area contributed by atoms with Crippen molar-refractivity contribution in [1.29, 1.82) is 0 Å². The van der Waals surface area contributed by atoms with Crippen LogP contribution in [0.15, 0.2) is 56.2 Å². The summed E-state index contributed by atoms with van der Waals surface area (Å²) in [6, 6.07) is 4.55. The number of nitrogens with zero attached hydrogens (tertiary/aromatic N) is 2. The van der Waals surface area contributed by atoms with Crippen molar-refractivity contribution in [3.8, 4) is 0 Å². The van der Waals surface area contributed by atoms with Gasteiger partial charge in [0.15, 0.2) is 0 Å². The second-order valence-electron chi connectivity index (χ2n) is 6.06. The highest BCUT2D eigenvalue weighted by Crippen LogP contribution is 2.16. The molecule has 0 atom stereocenters. The van der Waals surface area contributed by atoms with Crippen molar-refractivity contribution in [1.82, 2.24) is 15.1 Å². The van der Waals surface area contributed by atoms with E-state index in [4.69, 9.17) is 0 Å². The third kappa shape index (κ3) is 5.94. The van der Waals surface area contributed by atoms with Gasteiger partial charge in [-0.05, 0) is 32.0 Å². The molecule has 0 unspecified atom stereocenters. The Balaban J connectivity index is 3.42. The first-order valence-electron chi connectivity index (χ1n) is 9.27. The summed E-state index contributed by atoms with van der Waals surface area (Å²) < 4.78 is 0. The third-order valence-electron chi connectivity index (χ3n) is 4.13. The van der Waals surface area contributed by atoms with E-state index in [1.54, 1.807) is 28.0 Å². The maximum absolute atomic E-state index is 12.9. The number of amides is 3. The van der Waals surface area contributed by atoms with Gasteiger partial charge in [0.25, 0.3) is 17.7 Å². The second kappa shape index (κ2) is 11.5. The fraction of sp³-hybridized carbons (Fsp3) is 0.318. The maximum atomic E-state index is 12.9. The molecule has 0 aliphatic rings. The van der Waals surface area contributed by atoms with Gasteiger partial charge in [-0.25, -0.2) is 0 Å². The Morgan fingerprint density at radius 1 is 0.821 bits per heavy atom. The van der Waals surface area contributed by atoms with Gasteiger partial charge in [0.2, 0.25) is 0 Å². The van der Waals surface area contributed by atoms with Crippen molar-refractivity contribution >= 4 is 17.7 Å². The molecule has 1 aromatic rings. The molecule has 0 bridgehead atoms. The molecule has 0 aliphatic carbocycles. The molecule has 28 heavy (non-hydrogen) atoms. The van der Waals surface area contributed by atoms with E-state index < -0.39 is 0 Å². The first kappa shape index (κ1) is 22.9. The van der Waals surface area contributed by atoms with E-state index in [0.717, 1.165) is 0 Å². The van der Waals surface area contributed by atoms with Gasteiger partial charge in [0, 0.05) is 49.4 Å². The molecule has 1 aromatic carbocycles. The summed E-state index contributed by atoms with van der Waals surface area (Å²) in [6.07, 6.45) is 4.83. The lowest BCUT2D eigenvalue weighted by Gasteiger charge is -2.22. The zero-order valence-electron chi connectivity index (χ0n) is 16.7. The van der Waals surface area contributed by atoms with Crippen LogP contribution in [0.2, 0.25) is 0 Å². The molecule has 150 valence electrons. The Labute approximate surface area is 167 Å². The van der Waals surface area contributed by atoms with Crippen molar-refractivity contribution in [2.45, 2.75) is 13.8 Å². The molecule has 6 nitrogen and oxygen atoms in total. The summed E-state index contributed by atoms with van der Waals surface area (Å²) in [5.41, 5.74) is 0.821. The number of hydrogen-bond donors (Lipinski definition) is 1. The van der Waals surface area contributed by atoms with E-state index >= 15 is 0 Å². The minimum absolute atomic E-state index is 0.250. The zero-order valence-corrected chi connectivity index (χ0v) is 16.7. The minimum atomic E-state index is -0.373. The molecule has 1 rings (SSSR count). The monoisotopic (exact) mass is 383 g/mol. The van der Waals surface area contributed by atoms with E-state index in [1.807, 2.05) is 13.8 Å². The van der Waals surface area contributed by atoms with E-state index in [0.29, 0.717) is 26.2 Å². The minimum Gasteiger partial charge on any atom is -0.349 e. The van der Waals surface area contributed by atoms with Crippen LogP contribution < -0.4 is 5.32 Å². The molecule has 0 spiro atoms. The molecule has 0 saturated heterocycles. The highest BCUT2D eigenvalue weighted by molar-refractivity contribution is 6.04. The van der Waals surface area contributed by atoms with Gasteiger partial charge in [0.05, 0.1) is 0 Å². The molecule has 0 saturated carbocycles. The molecule has 3 amide bonds. The van der Waals surface area contributed by atoms with Gasteiger partial charge in [-0.1, -0.05) is 18.2 Å². The van der Waals surface area contributed by atoms with Crippen LogP contribution in [0.1, 0.15) is 44.9 Å².